The predicted molar refractivity (Wildman–Crippen MR) is 124 cm³/mol. The summed E-state index contributed by atoms with van der Waals surface area (Å²) in [6.07, 6.45) is 2.39. The Morgan fingerprint density at radius 3 is 2.39 bits per heavy atom. The minimum Gasteiger partial charge on any atom is -0.369 e. The average molecular weight is 477 g/mol. The number of nitrogens with zero attached hydrogens (tertiary/aromatic N) is 1. The van der Waals surface area contributed by atoms with Gasteiger partial charge in [0.25, 0.3) is 5.91 Å². The molecule has 4 N–H and O–H groups in total. The SMILES string of the molecule is CCNS(=O)(=O)c1ccc(F)c(C(=O)Nc2ccc(CCN3CCC(C(N)=O)CC3)cc2)c1. The first-order chi connectivity index (χ1) is 15.7. The zero-order valence-corrected chi connectivity index (χ0v) is 19.3. The van der Waals surface area contributed by atoms with Gasteiger partial charge in [0.2, 0.25) is 15.9 Å². The van der Waals surface area contributed by atoms with Gasteiger partial charge in [-0.15, -0.1) is 0 Å². The first-order valence-electron chi connectivity index (χ1n) is 10.9. The second-order valence-corrected chi connectivity index (χ2v) is 9.83. The normalized spacial score (nSPS) is 15.3. The summed E-state index contributed by atoms with van der Waals surface area (Å²) in [5.41, 5.74) is 6.58. The summed E-state index contributed by atoms with van der Waals surface area (Å²) in [4.78, 5) is 25.9. The van der Waals surface area contributed by atoms with Crippen LogP contribution in [-0.2, 0) is 21.2 Å². The minimum absolute atomic E-state index is 0.0299. The van der Waals surface area contributed by atoms with Crippen molar-refractivity contribution in [3.8, 4) is 0 Å². The van der Waals surface area contributed by atoms with E-state index < -0.39 is 21.7 Å². The molecule has 0 aromatic heterocycles. The lowest BCUT2D eigenvalue weighted by molar-refractivity contribution is -0.123. The van der Waals surface area contributed by atoms with Gasteiger partial charge in [-0.1, -0.05) is 19.1 Å². The molecular weight excluding hydrogens is 447 g/mol. The molecule has 1 fully saturated rings. The third kappa shape index (κ3) is 6.59. The summed E-state index contributed by atoms with van der Waals surface area (Å²) >= 11 is 0. The Bertz CT molecular complexity index is 1100. The first kappa shape index (κ1) is 24.8. The lowest BCUT2D eigenvalue weighted by Gasteiger charge is -2.30. The number of benzene rings is 2. The highest BCUT2D eigenvalue weighted by Crippen LogP contribution is 2.19. The van der Waals surface area contributed by atoms with Gasteiger partial charge in [0.05, 0.1) is 10.5 Å². The molecule has 2 amide bonds. The Morgan fingerprint density at radius 2 is 1.79 bits per heavy atom. The zero-order chi connectivity index (χ0) is 24.0. The molecule has 0 radical (unpaired) electrons. The Morgan fingerprint density at radius 1 is 1.12 bits per heavy atom. The van der Waals surface area contributed by atoms with E-state index >= 15 is 0 Å². The predicted octanol–water partition coefficient (Wildman–Crippen LogP) is 2.12. The highest BCUT2D eigenvalue weighted by molar-refractivity contribution is 7.89. The van der Waals surface area contributed by atoms with Gasteiger partial charge in [-0.2, -0.15) is 0 Å². The zero-order valence-electron chi connectivity index (χ0n) is 18.5. The third-order valence-electron chi connectivity index (χ3n) is 5.75. The molecule has 1 aliphatic rings. The van der Waals surface area contributed by atoms with E-state index in [9.17, 15) is 22.4 Å². The summed E-state index contributed by atoms with van der Waals surface area (Å²) in [5, 5.41) is 2.61. The van der Waals surface area contributed by atoms with Crippen LogP contribution in [0.3, 0.4) is 0 Å². The highest BCUT2D eigenvalue weighted by atomic mass is 32.2. The van der Waals surface area contributed by atoms with E-state index in [1.807, 2.05) is 12.1 Å². The standard InChI is InChI=1S/C23H29FN4O4S/c1-2-26-33(31,32)19-7-8-21(24)20(15-19)23(30)27-18-5-3-16(4-6-18)9-12-28-13-10-17(11-14-28)22(25)29/h3-8,15,17,26H,2,9-14H2,1H3,(H2,25,29)(H,27,30). The molecule has 0 aliphatic carbocycles. The number of primary amides is 1. The molecule has 178 valence electrons. The quantitative estimate of drug-likeness (QED) is 0.512. The van der Waals surface area contributed by atoms with Crippen molar-refractivity contribution in [3.63, 3.8) is 0 Å². The van der Waals surface area contributed by atoms with Crippen molar-refractivity contribution in [3.05, 3.63) is 59.4 Å². The van der Waals surface area contributed by atoms with Gasteiger partial charge in [0.1, 0.15) is 5.82 Å². The Hall–Kier alpha value is -2.82. The van der Waals surface area contributed by atoms with Crippen molar-refractivity contribution in [2.75, 3.05) is 31.5 Å². The number of carbonyl (C=O) groups is 2. The van der Waals surface area contributed by atoms with E-state index in [1.165, 1.54) is 0 Å². The number of halogens is 1. The monoisotopic (exact) mass is 476 g/mol. The topological polar surface area (TPSA) is 122 Å². The van der Waals surface area contributed by atoms with Gasteiger partial charge in [-0.05, 0) is 68.2 Å². The van der Waals surface area contributed by atoms with Crippen molar-refractivity contribution in [1.82, 2.24) is 9.62 Å². The maximum absolute atomic E-state index is 14.2. The van der Waals surface area contributed by atoms with Crippen LogP contribution in [-0.4, -0.2) is 51.3 Å². The van der Waals surface area contributed by atoms with Crippen molar-refractivity contribution >= 4 is 27.5 Å². The summed E-state index contributed by atoms with van der Waals surface area (Å²) < 4.78 is 40.8. The number of nitrogens with two attached hydrogens (primary N) is 1. The molecular formula is C23H29FN4O4S. The molecule has 10 heteroatoms. The summed E-state index contributed by atoms with van der Waals surface area (Å²) in [6.45, 7) is 4.35. The fourth-order valence-electron chi connectivity index (χ4n) is 3.80. The van der Waals surface area contributed by atoms with Gasteiger partial charge in [0.15, 0.2) is 0 Å². The minimum atomic E-state index is -3.81. The Balaban J connectivity index is 1.58. The highest BCUT2D eigenvalue weighted by Gasteiger charge is 2.23. The molecule has 0 saturated carbocycles. The second kappa shape index (κ2) is 10.9. The number of rotatable bonds is 9. The van der Waals surface area contributed by atoms with Crippen LogP contribution in [0.5, 0.6) is 0 Å². The van der Waals surface area contributed by atoms with Crippen LogP contribution in [0.4, 0.5) is 10.1 Å². The number of nitrogens with one attached hydrogen (secondary N) is 2. The average Bonchev–Trinajstić information content (AvgIpc) is 2.79. The van der Waals surface area contributed by atoms with Crippen LogP contribution in [0.2, 0.25) is 0 Å². The molecule has 1 heterocycles. The van der Waals surface area contributed by atoms with Crippen LogP contribution >= 0.6 is 0 Å². The molecule has 3 rings (SSSR count). The van der Waals surface area contributed by atoms with Gasteiger partial charge in [0, 0.05) is 24.7 Å². The van der Waals surface area contributed by atoms with Gasteiger partial charge >= 0.3 is 0 Å². The number of sulfonamides is 1. The number of hydrogen-bond donors (Lipinski definition) is 3. The van der Waals surface area contributed by atoms with Gasteiger partial charge in [-0.25, -0.2) is 17.5 Å². The number of amides is 2. The fraction of sp³-hybridized carbons (Fsp3) is 0.391. The van der Waals surface area contributed by atoms with E-state index in [2.05, 4.69) is 14.9 Å². The lowest BCUT2D eigenvalue weighted by Crippen LogP contribution is -2.39. The van der Waals surface area contributed by atoms with Gasteiger partial charge < -0.3 is 16.0 Å². The molecule has 33 heavy (non-hydrogen) atoms. The summed E-state index contributed by atoms with van der Waals surface area (Å²) in [7, 11) is -3.81. The van der Waals surface area contributed by atoms with E-state index in [4.69, 9.17) is 5.73 Å². The first-order valence-corrected chi connectivity index (χ1v) is 12.4. The molecule has 0 atom stereocenters. The maximum Gasteiger partial charge on any atom is 0.258 e. The molecule has 1 saturated heterocycles. The molecule has 1 aliphatic heterocycles. The molecule has 0 spiro atoms. The molecule has 8 nitrogen and oxygen atoms in total. The molecule has 2 aromatic rings. The Labute approximate surface area is 193 Å². The second-order valence-electron chi connectivity index (χ2n) is 8.06. The van der Waals surface area contributed by atoms with Crippen molar-refractivity contribution in [2.45, 2.75) is 31.1 Å². The van der Waals surface area contributed by atoms with Crippen LogP contribution in [0.25, 0.3) is 0 Å². The Kier molecular flexibility index (Phi) is 8.17. The number of carbonyl (C=O) groups excluding carboxylic acids is 2. The molecule has 0 bridgehead atoms. The number of hydrogen-bond acceptors (Lipinski definition) is 5. The van der Waals surface area contributed by atoms with Crippen LogP contribution < -0.4 is 15.8 Å². The van der Waals surface area contributed by atoms with Crippen LogP contribution in [0, 0.1) is 11.7 Å². The summed E-state index contributed by atoms with van der Waals surface area (Å²) in [6, 6.07) is 10.3. The van der Waals surface area contributed by atoms with Crippen molar-refractivity contribution < 1.29 is 22.4 Å². The molecule has 2 aromatic carbocycles. The molecule has 0 unspecified atom stereocenters. The maximum atomic E-state index is 14.2. The largest absolute Gasteiger partial charge is 0.369 e. The van der Waals surface area contributed by atoms with Crippen molar-refractivity contribution in [1.29, 1.82) is 0 Å². The van der Waals surface area contributed by atoms with E-state index in [0.717, 1.165) is 62.7 Å². The van der Waals surface area contributed by atoms with E-state index in [1.54, 1.807) is 19.1 Å². The third-order valence-corrected chi connectivity index (χ3v) is 7.29. The number of piperidine rings is 1. The van der Waals surface area contributed by atoms with Gasteiger partial charge in [-0.3, -0.25) is 9.59 Å². The number of anilines is 1. The smallest absolute Gasteiger partial charge is 0.258 e. The summed E-state index contributed by atoms with van der Waals surface area (Å²) in [5.74, 6) is -1.79. The van der Waals surface area contributed by atoms with Crippen LogP contribution in [0.1, 0.15) is 35.7 Å². The lowest BCUT2D eigenvalue weighted by atomic mass is 9.96. The van der Waals surface area contributed by atoms with E-state index in [-0.39, 0.29) is 28.8 Å². The van der Waals surface area contributed by atoms with Crippen LogP contribution in [0.15, 0.2) is 47.4 Å². The fourth-order valence-corrected chi connectivity index (χ4v) is 4.87. The number of likely N-dealkylation sites (tertiary alicyclic amines) is 1. The van der Waals surface area contributed by atoms with E-state index in [0.29, 0.717) is 5.69 Å². The van der Waals surface area contributed by atoms with Crippen molar-refractivity contribution in [2.24, 2.45) is 11.7 Å².